The SMILES string of the molecule is C=CCOc1cccc2c1CCCC2(O)CN. The fourth-order valence-electron chi connectivity index (χ4n) is 2.45. The number of fused-ring (bicyclic) bond motifs is 1. The lowest BCUT2D eigenvalue weighted by molar-refractivity contribution is 0.0274. The Balaban J connectivity index is 2.40. The summed E-state index contributed by atoms with van der Waals surface area (Å²) in [4.78, 5) is 0. The van der Waals surface area contributed by atoms with Crippen molar-refractivity contribution in [2.45, 2.75) is 24.9 Å². The van der Waals surface area contributed by atoms with Crippen LogP contribution < -0.4 is 10.5 Å². The van der Waals surface area contributed by atoms with Crippen LogP contribution in [-0.4, -0.2) is 18.3 Å². The van der Waals surface area contributed by atoms with Gasteiger partial charge in [-0.05, 0) is 30.9 Å². The smallest absolute Gasteiger partial charge is 0.123 e. The predicted octanol–water partition coefficient (Wildman–Crippen LogP) is 1.73. The van der Waals surface area contributed by atoms with Crippen molar-refractivity contribution in [3.8, 4) is 5.75 Å². The first-order valence-corrected chi connectivity index (χ1v) is 6.00. The van der Waals surface area contributed by atoms with Crippen molar-refractivity contribution in [3.63, 3.8) is 0 Å². The molecule has 1 aromatic carbocycles. The molecule has 0 bridgehead atoms. The maximum Gasteiger partial charge on any atom is 0.123 e. The Labute approximate surface area is 102 Å². The molecular weight excluding hydrogens is 214 g/mol. The van der Waals surface area contributed by atoms with Crippen LogP contribution in [0.2, 0.25) is 0 Å². The van der Waals surface area contributed by atoms with Crippen LogP contribution >= 0.6 is 0 Å². The maximum atomic E-state index is 10.5. The van der Waals surface area contributed by atoms with Crippen molar-refractivity contribution in [2.75, 3.05) is 13.2 Å². The third kappa shape index (κ3) is 2.21. The molecule has 2 rings (SSSR count). The van der Waals surface area contributed by atoms with Gasteiger partial charge in [-0.2, -0.15) is 0 Å². The second-order valence-electron chi connectivity index (χ2n) is 4.47. The molecule has 0 aromatic heterocycles. The van der Waals surface area contributed by atoms with Crippen LogP contribution in [0, 0.1) is 0 Å². The van der Waals surface area contributed by atoms with Gasteiger partial charge in [-0.3, -0.25) is 0 Å². The summed E-state index contributed by atoms with van der Waals surface area (Å²) >= 11 is 0. The summed E-state index contributed by atoms with van der Waals surface area (Å²) in [5, 5.41) is 10.5. The highest BCUT2D eigenvalue weighted by Crippen LogP contribution is 2.38. The molecule has 3 N–H and O–H groups in total. The molecule has 92 valence electrons. The molecule has 0 amide bonds. The molecule has 1 aliphatic rings. The van der Waals surface area contributed by atoms with Gasteiger partial charge in [0.15, 0.2) is 0 Å². The Hall–Kier alpha value is -1.32. The molecule has 3 nitrogen and oxygen atoms in total. The van der Waals surface area contributed by atoms with Gasteiger partial charge in [0.2, 0.25) is 0 Å². The van der Waals surface area contributed by atoms with E-state index in [1.54, 1.807) is 6.08 Å². The van der Waals surface area contributed by atoms with Crippen LogP contribution in [0.4, 0.5) is 0 Å². The van der Waals surface area contributed by atoms with Crippen molar-refractivity contribution < 1.29 is 9.84 Å². The molecule has 0 heterocycles. The number of hydrogen-bond acceptors (Lipinski definition) is 3. The van der Waals surface area contributed by atoms with Crippen LogP contribution in [-0.2, 0) is 12.0 Å². The zero-order chi connectivity index (χ0) is 12.3. The summed E-state index contributed by atoms with van der Waals surface area (Å²) in [6.07, 6.45) is 4.32. The van der Waals surface area contributed by atoms with Gasteiger partial charge >= 0.3 is 0 Å². The van der Waals surface area contributed by atoms with Gasteiger partial charge in [-0.25, -0.2) is 0 Å². The van der Waals surface area contributed by atoms with Crippen LogP contribution in [0.1, 0.15) is 24.0 Å². The minimum absolute atomic E-state index is 0.255. The van der Waals surface area contributed by atoms with E-state index in [0.29, 0.717) is 6.61 Å². The van der Waals surface area contributed by atoms with E-state index in [1.165, 1.54) is 0 Å². The summed E-state index contributed by atoms with van der Waals surface area (Å²) in [5.74, 6) is 0.842. The average Bonchev–Trinajstić information content (AvgIpc) is 2.37. The molecule has 0 radical (unpaired) electrons. The number of aliphatic hydroxyl groups is 1. The second kappa shape index (κ2) is 4.90. The highest BCUT2D eigenvalue weighted by Gasteiger charge is 2.34. The average molecular weight is 233 g/mol. The van der Waals surface area contributed by atoms with Crippen LogP contribution in [0.3, 0.4) is 0 Å². The zero-order valence-electron chi connectivity index (χ0n) is 9.98. The van der Waals surface area contributed by atoms with Crippen LogP contribution in [0.15, 0.2) is 30.9 Å². The van der Waals surface area contributed by atoms with Gasteiger partial charge in [-0.1, -0.05) is 24.8 Å². The number of nitrogens with two attached hydrogens (primary N) is 1. The Morgan fingerprint density at radius 2 is 2.35 bits per heavy atom. The van der Waals surface area contributed by atoms with E-state index in [-0.39, 0.29) is 6.54 Å². The third-order valence-electron chi connectivity index (χ3n) is 3.35. The molecule has 1 atom stereocenters. The third-order valence-corrected chi connectivity index (χ3v) is 3.35. The summed E-state index contributed by atoms with van der Waals surface area (Å²) in [5.41, 5.74) is 6.82. The Kier molecular flexibility index (Phi) is 3.50. The predicted molar refractivity (Wildman–Crippen MR) is 68.0 cm³/mol. The fourth-order valence-corrected chi connectivity index (χ4v) is 2.45. The van der Waals surface area contributed by atoms with Crippen molar-refractivity contribution in [1.29, 1.82) is 0 Å². The summed E-state index contributed by atoms with van der Waals surface area (Å²) < 4.78 is 5.62. The van der Waals surface area contributed by atoms with Crippen LogP contribution in [0.25, 0.3) is 0 Å². The van der Waals surface area contributed by atoms with Crippen molar-refractivity contribution in [3.05, 3.63) is 42.0 Å². The fraction of sp³-hybridized carbons (Fsp3) is 0.429. The molecular formula is C14H19NO2. The quantitative estimate of drug-likeness (QED) is 0.779. The van der Waals surface area contributed by atoms with Gasteiger partial charge in [-0.15, -0.1) is 0 Å². The normalized spacial score (nSPS) is 22.9. The Morgan fingerprint density at radius 1 is 1.53 bits per heavy atom. The van der Waals surface area contributed by atoms with Crippen molar-refractivity contribution in [2.24, 2.45) is 5.73 Å². The van der Waals surface area contributed by atoms with E-state index < -0.39 is 5.60 Å². The van der Waals surface area contributed by atoms with Crippen molar-refractivity contribution >= 4 is 0 Å². The molecule has 1 unspecified atom stereocenters. The van der Waals surface area contributed by atoms with Gasteiger partial charge in [0.1, 0.15) is 18.0 Å². The molecule has 1 aromatic rings. The molecule has 0 fully saturated rings. The first-order valence-electron chi connectivity index (χ1n) is 6.00. The van der Waals surface area contributed by atoms with Crippen molar-refractivity contribution in [1.82, 2.24) is 0 Å². The highest BCUT2D eigenvalue weighted by molar-refractivity contribution is 5.45. The Bertz CT molecular complexity index is 417. The lowest BCUT2D eigenvalue weighted by atomic mass is 9.79. The first-order chi connectivity index (χ1) is 8.21. The highest BCUT2D eigenvalue weighted by atomic mass is 16.5. The summed E-state index contributed by atoms with van der Waals surface area (Å²) in [6.45, 7) is 4.38. The molecule has 1 aliphatic carbocycles. The molecule has 17 heavy (non-hydrogen) atoms. The number of ether oxygens (including phenoxy) is 1. The molecule has 0 saturated carbocycles. The lowest BCUT2D eigenvalue weighted by Gasteiger charge is -2.34. The molecule has 0 saturated heterocycles. The number of benzene rings is 1. The monoisotopic (exact) mass is 233 g/mol. The largest absolute Gasteiger partial charge is 0.489 e. The summed E-state index contributed by atoms with van der Waals surface area (Å²) in [6, 6.07) is 5.79. The topological polar surface area (TPSA) is 55.5 Å². The lowest BCUT2D eigenvalue weighted by Crippen LogP contribution is -2.38. The van der Waals surface area contributed by atoms with Gasteiger partial charge < -0.3 is 15.6 Å². The van der Waals surface area contributed by atoms with E-state index in [0.717, 1.165) is 36.1 Å². The van der Waals surface area contributed by atoms with Gasteiger partial charge in [0.05, 0.1) is 0 Å². The standard InChI is InChI=1S/C14H19NO2/c1-2-9-17-13-7-3-6-12-11(13)5-4-8-14(12,16)10-15/h2-3,6-7,16H,1,4-5,8-10,15H2. The van der Waals surface area contributed by atoms with Crippen LogP contribution in [0.5, 0.6) is 5.75 Å². The summed E-state index contributed by atoms with van der Waals surface area (Å²) in [7, 11) is 0. The Morgan fingerprint density at radius 3 is 3.06 bits per heavy atom. The maximum absolute atomic E-state index is 10.5. The minimum atomic E-state index is -0.888. The van der Waals surface area contributed by atoms with Gasteiger partial charge in [0.25, 0.3) is 0 Å². The first kappa shape index (κ1) is 12.1. The van der Waals surface area contributed by atoms with E-state index in [4.69, 9.17) is 10.5 Å². The van der Waals surface area contributed by atoms with E-state index in [1.807, 2.05) is 18.2 Å². The number of rotatable bonds is 4. The second-order valence-corrected chi connectivity index (χ2v) is 4.47. The molecule has 3 heteroatoms. The minimum Gasteiger partial charge on any atom is -0.489 e. The molecule has 0 spiro atoms. The molecule has 0 aliphatic heterocycles. The number of hydrogen-bond donors (Lipinski definition) is 2. The van der Waals surface area contributed by atoms with Gasteiger partial charge in [0, 0.05) is 12.1 Å². The van der Waals surface area contributed by atoms with E-state index in [9.17, 15) is 5.11 Å². The van der Waals surface area contributed by atoms with E-state index in [2.05, 4.69) is 6.58 Å². The zero-order valence-corrected chi connectivity index (χ0v) is 9.98. The van der Waals surface area contributed by atoms with E-state index >= 15 is 0 Å².